The Kier molecular flexibility index (Phi) is 7.42. The molecule has 1 aliphatic carbocycles. The van der Waals surface area contributed by atoms with Crippen molar-refractivity contribution in [2.24, 2.45) is 0 Å². The molecule has 2 aromatic heterocycles. The van der Waals surface area contributed by atoms with Gasteiger partial charge in [0.1, 0.15) is 17.6 Å². The van der Waals surface area contributed by atoms with Gasteiger partial charge in [-0.15, -0.1) is 0 Å². The van der Waals surface area contributed by atoms with Crippen LogP contribution in [0.25, 0.3) is 10.9 Å². The highest BCUT2D eigenvalue weighted by molar-refractivity contribution is 6.06. The smallest absolute Gasteiger partial charge is 0.261 e. The van der Waals surface area contributed by atoms with Crippen LogP contribution in [-0.2, 0) is 0 Å². The van der Waals surface area contributed by atoms with Crippen molar-refractivity contribution in [3.8, 4) is 28.7 Å². The zero-order valence-corrected chi connectivity index (χ0v) is 21.1. The average molecular weight is 538 g/mol. The number of nitrogens with zero attached hydrogens (tertiary/aromatic N) is 2. The molecule has 0 bridgehead atoms. The minimum atomic E-state index is -1.03. The number of aromatic nitrogens is 2. The van der Waals surface area contributed by atoms with Crippen LogP contribution >= 0.6 is 0 Å². The van der Waals surface area contributed by atoms with Gasteiger partial charge in [0, 0.05) is 47.9 Å². The summed E-state index contributed by atoms with van der Waals surface area (Å²) in [6.45, 7) is 1.44. The molecular formula is C28H25F2N3O6. The number of hydrogen-bond acceptors (Lipinski definition) is 8. The molecule has 2 heterocycles. The number of aliphatic hydroxyl groups excluding tert-OH is 1. The van der Waals surface area contributed by atoms with Crippen molar-refractivity contribution < 1.29 is 37.6 Å². The van der Waals surface area contributed by atoms with Gasteiger partial charge < -0.3 is 29.4 Å². The predicted octanol–water partition coefficient (Wildman–Crippen LogP) is 5.26. The van der Waals surface area contributed by atoms with Crippen LogP contribution in [0, 0.1) is 11.6 Å². The summed E-state index contributed by atoms with van der Waals surface area (Å²) in [6.07, 6.45) is 5.58. The topological polar surface area (TPSA) is 112 Å². The number of nitrogens with one attached hydrogen (secondary N) is 1. The van der Waals surface area contributed by atoms with Gasteiger partial charge in [0.15, 0.2) is 28.9 Å². The summed E-state index contributed by atoms with van der Waals surface area (Å²) in [5, 5.41) is 12.2. The molecule has 2 N–H and O–H groups in total. The molecule has 0 spiro atoms. The highest BCUT2D eigenvalue weighted by Gasteiger charge is 2.26. The predicted molar refractivity (Wildman–Crippen MR) is 138 cm³/mol. The van der Waals surface area contributed by atoms with E-state index in [-0.39, 0.29) is 29.7 Å². The lowest BCUT2D eigenvalue weighted by Crippen LogP contribution is -2.16. The Balaban J connectivity index is 1.41. The molecule has 4 aromatic rings. The Bertz CT molecular complexity index is 1510. The maximum atomic E-state index is 15.1. The first kappa shape index (κ1) is 26.1. The third-order valence-corrected chi connectivity index (χ3v) is 5.88. The number of hydrogen-bond donors (Lipinski definition) is 2. The van der Waals surface area contributed by atoms with E-state index in [1.54, 1.807) is 25.1 Å². The summed E-state index contributed by atoms with van der Waals surface area (Å²) in [5.41, 5.74) is 0.470. The monoisotopic (exact) mass is 537 g/mol. The van der Waals surface area contributed by atoms with E-state index in [1.165, 1.54) is 31.8 Å². The molecule has 1 aliphatic rings. The van der Waals surface area contributed by atoms with Crippen LogP contribution in [0.3, 0.4) is 0 Å². The number of carbonyl (C=O) groups excluding carboxylic acids is 1. The Morgan fingerprint density at radius 1 is 1.08 bits per heavy atom. The molecule has 1 fully saturated rings. The SMILES string of the molecule is COc1cc2nccc(Oc3c(F)cc(NC(=O)c4cnccc4OC4CC4)cc3F)c2cc1OC(C)CO. The summed E-state index contributed by atoms with van der Waals surface area (Å²) in [7, 11) is 1.46. The van der Waals surface area contributed by atoms with Gasteiger partial charge in [0.2, 0.25) is 0 Å². The van der Waals surface area contributed by atoms with E-state index < -0.39 is 29.4 Å². The number of carbonyl (C=O) groups is 1. The summed E-state index contributed by atoms with van der Waals surface area (Å²) in [4.78, 5) is 21.0. The third-order valence-electron chi connectivity index (χ3n) is 5.88. The number of rotatable bonds is 10. The normalized spacial score (nSPS) is 13.6. The van der Waals surface area contributed by atoms with Gasteiger partial charge in [0.25, 0.3) is 5.91 Å². The van der Waals surface area contributed by atoms with Gasteiger partial charge in [-0.1, -0.05) is 0 Å². The van der Waals surface area contributed by atoms with Crippen LogP contribution in [-0.4, -0.2) is 46.9 Å². The fourth-order valence-electron chi connectivity index (χ4n) is 3.78. The highest BCUT2D eigenvalue weighted by Crippen LogP contribution is 2.39. The van der Waals surface area contributed by atoms with E-state index in [4.69, 9.17) is 18.9 Å². The maximum absolute atomic E-state index is 15.1. The fraction of sp³-hybridized carbons (Fsp3) is 0.250. The molecule has 11 heteroatoms. The van der Waals surface area contributed by atoms with E-state index in [0.29, 0.717) is 28.2 Å². The maximum Gasteiger partial charge on any atom is 0.261 e. The number of anilines is 1. The number of aliphatic hydroxyl groups is 1. The number of methoxy groups -OCH3 is 1. The zero-order chi connectivity index (χ0) is 27.5. The van der Waals surface area contributed by atoms with Gasteiger partial charge in [-0.3, -0.25) is 14.8 Å². The van der Waals surface area contributed by atoms with Crippen LogP contribution in [0.4, 0.5) is 14.5 Å². The summed E-state index contributed by atoms with van der Waals surface area (Å²) < 4.78 is 52.6. The van der Waals surface area contributed by atoms with E-state index in [2.05, 4.69) is 15.3 Å². The number of halogens is 2. The highest BCUT2D eigenvalue weighted by atomic mass is 19.1. The number of benzene rings is 2. The summed E-state index contributed by atoms with van der Waals surface area (Å²) in [5.74, 6) is -2.23. The Morgan fingerprint density at radius 3 is 2.51 bits per heavy atom. The molecule has 1 amide bonds. The van der Waals surface area contributed by atoms with Crippen molar-refractivity contribution in [3.63, 3.8) is 0 Å². The van der Waals surface area contributed by atoms with Crippen LogP contribution in [0.5, 0.6) is 28.7 Å². The Labute approximate surface area is 222 Å². The fourth-order valence-corrected chi connectivity index (χ4v) is 3.78. The number of pyridine rings is 2. The quantitative estimate of drug-likeness (QED) is 0.282. The molecule has 9 nitrogen and oxygen atoms in total. The second-order valence-corrected chi connectivity index (χ2v) is 8.95. The van der Waals surface area contributed by atoms with E-state index in [0.717, 1.165) is 25.0 Å². The molecule has 2 aromatic carbocycles. The lowest BCUT2D eigenvalue weighted by molar-refractivity contribution is 0.102. The van der Waals surface area contributed by atoms with Crippen LogP contribution in [0.2, 0.25) is 0 Å². The minimum absolute atomic E-state index is 0.0522. The summed E-state index contributed by atoms with van der Waals surface area (Å²) >= 11 is 0. The standard InChI is InChI=1S/C28H25F2N3O6/c1-15(14-34)37-26-11-18-22(12-25(26)36-2)32-8-6-23(18)39-27-20(29)9-16(10-21(27)30)33-28(35)19-13-31-7-5-24(19)38-17-3-4-17/h5-13,15,17,34H,3-4,14H2,1-2H3,(H,33,35). The van der Waals surface area contributed by atoms with Crippen molar-refractivity contribution in [2.75, 3.05) is 19.0 Å². The molecule has 1 saturated carbocycles. The van der Waals surface area contributed by atoms with Gasteiger partial charge in [-0.05, 0) is 38.0 Å². The van der Waals surface area contributed by atoms with Crippen molar-refractivity contribution in [2.45, 2.75) is 32.0 Å². The first-order chi connectivity index (χ1) is 18.9. The van der Waals surface area contributed by atoms with Crippen molar-refractivity contribution >= 4 is 22.5 Å². The van der Waals surface area contributed by atoms with Gasteiger partial charge in [-0.2, -0.15) is 0 Å². The number of amides is 1. The second-order valence-electron chi connectivity index (χ2n) is 8.95. The molecule has 5 rings (SSSR count). The van der Waals surface area contributed by atoms with Gasteiger partial charge in [-0.25, -0.2) is 8.78 Å². The van der Waals surface area contributed by atoms with Gasteiger partial charge >= 0.3 is 0 Å². The summed E-state index contributed by atoms with van der Waals surface area (Å²) in [6, 6.07) is 8.08. The second kappa shape index (κ2) is 11.1. The lowest BCUT2D eigenvalue weighted by Gasteiger charge is -2.17. The Hall–Kier alpha value is -4.51. The number of ether oxygens (including phenoxy) is 4. The van der Waals surface area contributed by atoms with Crippen LogP contribution in [0.15, 0.2) is 55.0 Å². The molecule has 0 aliphatic heterocycles. The molecule has 0 saturated heterocycles. The first-order valence-electron chi connectivity index (χ1n) is 12.2. The zero-order valence-electron chi connectivity index (χ0n) is 21.1. The molecule has 0 radical (unpaired) electrons. The van der Waals surface area contributed by atoms with Crippen LogP contribution < -0.4 is 24.3 Å². The molecular weight excluding hydrogens is 512 g/mol. The van der Waals surface area contributed by atoms with Crippen LogP contribution in [0.1, 0.15) is 30.1 Å². The molecule has 1 atom stereocenters. The van der Waals surface area contributed by atoms with Crippen molar-refractivity contribution in [3.05, 3.63) is 72.2 Å². The Morgan fingerprint density at radius 2 is 1.82 bits per heavy atom. The molecule has 202 valence electrons. The van der Waals surface area contributed by atoms with Crippen molar-refractivity contribution in [1.29, 1.82) is 0 Å². The van der Waals surface area contributed by atoms with Crippen molar-refractivity contribution in [1.82, 2.24) is 9.97 Å². The van der Waals surface area contributed by atoms with E-state index in [9.17, 15) is 9.90 Å². The largest absolute Gasteiger partial charge is 0.493 e. The minimum Gasteiger partial charge on any atom is -0.493 e. The number of fused-ring (bicyclic) bond motifs is 1. The van der Waals surface area contributed by atoms with E-state index in [1.807, 2.05) is 0 Å². The van der Waals surface area contributed by atoms with E-state index >= 15 is 8.78 Å². The third kappa shape index (κ3) is 5.83. The molecule has 1 unspecified atom stereocenters. The lowest BCUT2D eigenvalue weighted by atomic mass is 10.1. The average Bonchev–Trinajstić information content (AvgIpc) is 3.74. The van der Waals surface area contributed by atoms with Gasteiger partial charge in [0.05, 0.1) is 30.9 Å². The first-order valence-corrected chi connectivity index (χ1v) is 12.2. The molecule has 39 heavy (non-hydrogen) atoms.